The second-order valence-corrected chi connectivity index (χ2v) is 10.5. The van der Waals surface area contributed by atoms with E-state index in [1.54, 1.807) is 6.92 Å². The van der Waals surface area contributed by atoms with Crippen molar-refractivity contribution in [1.29, 1.82) is 0 Å². The maximum absolute atomic E-state index is 12.9. The lowest BCUT2D eigenvalue weighted by atomic mass is 10.1. The topological polar surface area (TPSA) is 111 Å². The molecule has 2 aromatic heterocycles. The quantitative estimate of drug-likeness (QED) is 0.480. The minimum atomic E-state index is -3.44. The lowest BCUT2D eigenvalue weighted by molar-refractivity contribution is 0.0531. The molecular formula is C22H26N4O5S2. The molecule has 176 valence electrons. The molecule has 11 heteroatoms. The molecule has 3 heterocycles. The van der Waals surface area contributed by atoms with Crippen LogP contribution in [0, 0.1) is 6.92 Å². The number of nitrogens with one attached hydrogen (secondary N) is 1. The van der Waals surface area contributed by atoms with Crippen LogP contribution in [0.2, 0.25) is 0 Å². The summed E-state index contributed by atoms with van der Waals surface area (Å²) in [7, 11) is -3.44. The Labute approximate surface area is 196 Å². The Morgan fingerprint density at radius 3 is 2.67 bits per heavy atom. The van der Waals surface area contributed by atoms with Crippen LogP contribution in [-0.4, -0.2) is 61.6 Å². The molecule has 1 aliphatic heterocycles. The Morgan fingerprint density at radius 2 is 1.94 bits per heavy atom. The molecule has 0 radical (unpaired) electrons. The highest BCUT2D eigenvalue weighted by molar-refractivity contribution is 7.88. The van der Waals surface area contributed by atoms with Crippen LogP contribution < -0.4 is 5.32 Å². The largest absolute Gasteiger partial charge is 0.462 e. The van der Waals surface area contributed by atoms with Crippen molar-refractivity contribution in [2.24, 2.45) is 0 Å². The molecule has 0 bridgehead atoms. The number of morpholine rings is 1. The fourth-order valence-electron chi connectivity index (χ4n) is 3.76. The van der Waals surface area contributed by atoms with Crippen LogP contribution >= 0.6 is 11.3 Å². The van der Waals surface area contributed by atoms with Crippen LogP contribution in [-0.2, 0) is 31.8 Å². The second kappa shape index (κ2) is 10.1. The van der Waals surface area contributed by atoms with Gasteiger partial charge < -0.3 is 14.8 Å². The summed E-state index contributed by atoms with van der Waals surface area (Å²) in [5.74, 6) is 0.145. The molecule has 0 amide bonds. The molecule has 4 rings (SSSR count). The Morgan fingerprint density at radius 1 is 1.21 bits per heavy atom. The number of aromatic nitrogens is 2. The average Bonchev–Trinajstić information content (AvgIpc) is 3.16. The number of sulfonamides is 1. The molecule has 33 heavy (non-hydrogen) atoms. The third kappa shape index (κ3) is 5.16. The monoisotopic (exact) mass is 490 g/mol. The molecule has 0 unspecified atom stereocenters. The van der Waals surface area contributed by atoms with Crippen molar-refractivity contribution >= 4 is 43.4 Å². The van der Waals surface area contributed by atoms with Crippen molar-refractivity contribution in [3.63, 3.8) is 0 Å². The Balaban J connectivity index is 1.56. The summed E-state index contributed by atoms with van der Waals surface area (Å²) in [5.41, 5.74) is 2.36. The van der Waals surface area contributed by atoms with Gasteiger partial charge in [0.1, 0.15) is 21.9 Å². The number of thiophene rings is 1. The molecule has 9 nitrogen and oxygen atoms in total. The van der Waals surface area contributed by atoms with E-state index >= 15 is 0 Å². The average molecular weight is 491 g/mol. The van der Waals surface area contributed by atoms with Gasteiger partial charge in [-0.15, -0.1) is 11.3 Å². The highest BCUT2D eigenvalue weighted by atomic mass is 32.2. The molecule has 1 saturated heterocycles. The summed E-state index contributed by atoms with van der Waals surface area (Å²) in [4.78, 5) is 22.2. The summed E-state index contributed by atoms with van der Waals surface area (Å²) in [6.07, 6.45) is 1.45. The molecule has 0 spiro atoms. The van der Waals surface area contributed by atoms with Crippen LogP contribution in [0.15, 0.2) is 30.6 Å². The van der Waals surface area contributed by atoms with Crippen molar-refractivity contribution in [3.8, 4) is 0 Å². The first kappa shape index (κ1) is 23.6. The first-order chi connectivity index (χ1) is 15.9. The van der Waals surface area contributed by atoms with E-state index in [4.69, 9.17) is 9.47 Å². The van der Waals surface area contributed by atoms with Crippen LogP contribution in [0.4, 0.5) is 5.82 Å². The number of ether oxygens (including phenoxy) is 2. The highest BCUT2D eigenvalue weighted by Gasteiger charge is 2.25. The van der Waals surface area contributed by atoms with E-state index in [-0.39, 0.29) is 11.7 Å². The molecule has 1 aliphatic rings. The van der Waals surface area contributed by atoms with Crippen molar-refractivity contribution in [2.45, 2.75) is 26.1 Å². The van der Waals surface area contributed by atoms with Gasteiger partial charge in [0.2, 0.25) is 10.0 Å². The van der Waals surface area contributed by atoms with Gasteiger partial charge in [-0.1, -0.05) is 24.3 Å². The summed E-state index contributed by atoms with van der Waals surface area (Å²) >= 11 is 1.27. The van der Waals surface area contributed by atoms with Crippen LogP contribution in [0.5, 0.6) is 0 Å². The molecule has 1 N–H and O–H groups in total. The molecule has 0 aliphatic carbocycles. The second-order valence-electron chi connectivity index (χ2n) is 7.57. The van der Waals surface area contributed by atoms with Gasteiger partial charge in [-0.05, 0) is 30.5 Å². The van der Waals surface area contributed by atoms with Gasteiger partial charge in [0.15, 0.2) is 0 Å². The van der Waals surface area contributed by atoms with Gasteiger partial charge in [-0.2, -0.15) is 4.31 Å². The zero-order valence-electron chi connectivity index (χ0n) is 18.5. The number of carbonyl (C=O) groups excluding carboxylic acids is 1. The third-order valence-corrected chi connectivity index (χ3v) is 8.46. The van der Waals surface area contributed by atoms with Crippen molar-refractivity contribution in [1.82, 2.24) is 14.3 Å². The number of benzene rings is 1. The Hall–Kier alpha value is -2.60. The van der Waals surface area contributed by atoms with E-state index in [0.717, 1.165) is 22.1 Å². The van der Waals surface area contributed by atoms with Crippen molar-refractivity contribution in [3.05, 3.63) is 52.2 Å². The number of rotatable bonds is 8. The Kier molecular flexibility index (Phi) is 7.23. The fourth-order valence-corrected chi connectivity index (χ4v) is 6.36. The molecule has 3 aromatic rings. The fraction of sp³-hybridized carbons (Fsp3) is 0.409. The number of carbonyl (C=O) groups is 1. The summed E-state index contributed by atoms with van der Waals surface area (Å²) in [6.45, 7) is 5.88. The number of anilines is 1. The molecule has 1 fully saturated rings. The molecule has 0 saturated carbocycles. The van der Waals surface area contributed by atoms with Gasteiger partial charge in [0, 0.05) is 19.6 Å². The van der Waals surface area contributed by atoms with Gasteiger partial charge >= 0.3 is 5.97 Å². The number of hydrogen-bond acceptors (Lipinski definition) is 9. The zero-order chi connectivity index (χ0) is 23.4. The third-order valence-electron chi connectivity index (χ3n) is 5.45. The SMILES string of the molecule is CCOC(=O)c1sc2ncnc(NCc3ccccc3CS(=O)(=O)N3CCOCC3)c2c1C. The summed E-state index contributed by atoms with van der Waals surface area (Å²) in [6, 6.07) is 7.46. The maximum atomic E-state index is 12.9. The highest BCUT2D eigenvalue weighted by Crippen LogP contribution is 2.34. The van der Waals surface area contributed by atoms with Crippen molar-refractivity contribution in [2.75, 3.05) is 38.2 Å². The van der Waals surface area contributed by atoms with E-state index in [1.807, 2.05) is 31.2 Å². The molecule has 0 atom stereocenters. The van der Waals surface area contributed by atoms with Gasteiger partial charge in [-0.3, -0.25) is 0 Å². The van der Waals surface area contributed by atoms with Gasteiger partial charge in [0.25, 0.3) is 0 Å². The first-order valence-electron chi connectivity index (χ1n) is 10.7. The van der Waals surface area contributed by atoms with Crippen LogP contribution in [0.1, 0.15) is 33.3 Å². The van der Waals surface area contributed by atoms with E-state index in [2.05, 4.69) is 15.3 Å². The lowest BCUT2D eigenvalue weighted by Crippen LogP contribution is -2.41. The number of hydrogen-bond donors (Lipinski definition) is 1. The maximum Gasteiger partial charge on any atom is 0.348 e. The van der Waals surface area contributed by atoms with E-state index < -0.39 is 10.0 Å². The predicted octanol–water partition coefficient (Wildman–Crippen LogP) is 2.95. The van der Waals surface area contributed by atoms with Crippen LogP contribution in [0.25, 0.3) is 10.2 Å². The minimum absolute atomic E-state index is 0.0749. The smallest absolute Gasteiger partial charge is 0.348 e. The molecule has 1 aromatic carbocycles. The van der Waals surface area contributed by atoms with Crippen LogP contribution in [0.3, 0.4) is 0 Å². The number of fused-ring (bicyclic) bond motifs is 1. The van der Waals surface area contributed by atoms with E-state index in [9.17, 15) is 13.2 Å². The van der Waals surface area contributed by atoms with Gasteiger partial charge in [-0.25, -0.2) is 23.2 Å². The van der Waals surface area contributed by atoms with Gasteiger partial charge in [0.05, 0.1) is 31.0 Å². The van der Waals surface area contributed by atoms with E-state index in [0.29, 0.717) is 55.0 Å². The predicted molar refractivity (Wildman–Crippen MR) is 127 cm³/mol. The molecular weight excluding hydrogens is 464 g/mol. The normalized spacial score (nSPS) is 15.0. The summed E-state index contributed by atoms with van der Waals surface area (Å²) < 4.78 is 37.7. The standard InChI is InChI=1S/C22H26N4O5S2/c1-3-31-22(27)19-15(2)18-20(24-14-25-21(18)32-19)23-12-16-6-4-5-7-17(16)13-33(28,29)26-8-10-30-11-9-26/h4-7,14H,3,8-13H2,1-2H3,(H,23,24,25). The van der Waals surface area contributed by atoms with E-state index in [1.165, 1.54) is 22.0 Å². The Bertz CT molecular complexity index is 1250. The number of aryl methyl sites for hydroxylation is 1. The number of esters is 1. The minimum Gasteiger partial charge on any atom is -0.462 e. The first-order valence-corrected chi connectivity index (χ1v) is 13.1. The zero-order valence-corrected chi connectivity index (χ0v) is 20.2. The number of nitrogens with zero attached hydrogens (tertiary/aromatic N) is 3. The summed E-state index contributed by atoms with van der Waals surface area (Å²) in [5, 5.41) is 4.08. The lowest BCUT2D eigenvalue weighted by Gasteiger charge is -2.26. The van der Waals surface area contributed by atoms with Crippen molar-refractivity contribution < 1.29 is 22.7 Å².